The Morgan fingerprint density at radius 2 is 2.27 bits per heavy atom. The highest BCUT2D eigenvalue weighted by Crippen LogP contribution is 2.06. The molecule has 0 heterocycles. The number of aliphatic carboxylic acids is 1. The first-order chi connectivity index (χ1) is 5.13. The minimum absolute atomic E-state index is 0.539. The first kappa shape index (κ1) is 10.1. The highest BCUT2D eigenvalue weighted by atomic mass is 16.4. The van der Waals surface area contributed by atoms with Crippen molar-refractivity contribution in [2.24, 2.45) is 11.7 Å². The van der Waals surface area contributed by atoms with Crippen molar-refractivity contribution in [3.8, 4) is 0 Å². The first-order valence-electron chi connectivity index (χ1n) is 3.57. The summed E-state index contributed by atoms with van der Waals surface area (Å²) in [7, 11) is 0. The van der Waals surface area contributed by atoms with Crippen LogP contribution in [-0.2, 0) is 9.59 Å². The largest absolute Gasteiger partial charge is 0.480 e. The van der Waals surface area contributed by atoms with Crippen molar-refractivity contribution >= 4 is 12.3 Å². The van der Waals surface area contributed by atoms with Gasteiger partial charge in [-0.25, -0.2) is 0 Å². The summed E-state index contributed by atoms with van der Waals surface area (Å²) in [6.45, 7) is 1.88. The van der Waals surface area contributed by atoms with Crippen molar-refractivity contribution in [2.45, 2.75) is 25.8 Å². The van der Waals surface area contributed by atoms with Gasteiger partial charge in [-0.05, 0) is 6.42 Å². The quantitative estimate of drug-likeness (QED) is 0.554. The van der Waals surface area contributed by atoms with Gasteiger partial charge < -0.3 is 15.6 Å². The maximum Gasteiger partial charge on any atom is 0.321 e. The second kappa shape index (κ2) is 4.85. The smallest absolute Gasteiger partial charge is 0.321 e. The number of rotatable bonds is 5. The molecular weight excluding hydrogens is 146 g/mol. The molecule has 0 amide bonds. The molecule has 4 nitrogen and oxygen atoms in total. The second-order valence-corrected chi connectivity index (χ2v) is 2.45. The molecule has 0 saturated heterocycles. The molecule has 2 atom stereocenters. The van der Waals surface area contributed by atoms with Gasteiger partial charge in [-0.2, -0.15) is 0 Å². The van der Waals surface area contributed by atoms with E-state index < -0.39 is 17.9 Å². The topological polar surface area (TPSA) is 80.4 Å². The van der Waals surface area contributed by atoms with Crippen LogP contribution in [-0.4, -0.2) is 23.4 Å². The Bertz CT molecular complexity index is 147. The van der Waals surface area contributed by atoms with Crippen LogP contribution in [0.15, 0.2) is 0 Å². The molecule has 0 spiro atoms. The van der Waals surface area contributed by atoms with Crippen LogP contribution in [0.25, 0.3) is 0 Å². The van der Waals surface area contributed by atoms with E-state index in [0.717, 1.165) is 6.42 Å². The van der Waals surface area contributed by atoms with Gasteiger partial charge in [0, 0.05) is 5.92 Å². The third-order valence-electron chi connectivity index (χ3n) is 1.54. The standard InChI is InChI=1S/C7H13NO3/c1-2-3-5(4-9)6(8)7(10)11/h4-6H,2-3,8H2,1H3,(H,10,11). The Kier molecular flexibility index (Phi) is 4.45. The molecule has 0 aliphatic rings. The monoisotopic (exact) mass is 159 g/mol. The molecule has 0 aromatic heterocycles. The van der Waals surface area contributed by atoms with Crippen LogP contribution in [0.4, 0.5) is 0 Å². The van der Waals surface area contributed by atoms with E-state index in [-0.39, 0.29) is 0 Å². The Balaban J connectivity index is 4.01. The molecule has 0 rings (SSSR count). The molecule has 0 saturated carbocycles. The van der Waals surface area contributed by atoms with E-state index in [1.54, 1.807) is 0 Å². The predicted molar refractivity (Wildman–Crippen MR) is 40.1 cm³/mol. The van der Waals surface area contributed by atoms with Crippen molar-refractivity contribution in [1.82, 2.24) is 0 Å². The summed E-state index contributed by atoms with van der Waals surface area (Å²) in [5.41, 5.74) is 5.23. The van der Waals surface area contributed by atoms with Gasteiger partial charge in [0.15, 0.2) is 0 Å². The maximum atomic E-state index is 10.3. The molecule has 64 valence electrons. The zero-order chi connectivity index (χ0) is 8.85. The fourth-order valence-electron chi connectivity index (χ4n) is 0.849. The van der Waals surface area contributed by atoms with Gasteiger partial charge in [-0.1, -0.05) is 13.3 Å². The third-order valence-corrected chi connectivity index (χ3v) is 1.54. The van der Waals surface area contributed by atoms with Gasteiger partial charge in [0.1, 0.15) is 12.3 Å². The SMILES string of the molecule is CCCC(C=O)C(N)C(=O)O. The van der Waals surface area contributed by atoms with Gasteiger partial charge in [-0.15, -0.1) is 0 Å². The van der Waals surface area contributed by atoms with Crippen LogP contribution in [0, 0.1) is 5.92 Å². The summed E-state index contributed by atoms with van der Waals surface area (Å²) in [6.07, 6.45) is 1.92. The predicted octanol–water partition coefficient (Wildman–Crippen LogP) is 0.0135. The summed E-state index contributed by atoms with van der Waals surface area (Å²) in [4.78, 5) is 20.6. The molecule has 0 aliphatic heterocycles. The Morgan fingerprint density at radius 1 is 1.73 bits per heavy atom. The number of carboxylic acids is 1. The fraction of sp³-hybridized carbons (Fsp3) is 0.714. The van der Waals surface area contributed by atoms with Crippen molar-refractivity contribution in [3.05, 3.63) is 0 Å². The molecule has 2 unspecified atom stereocenters. The molecule has 11 heavy (non-hydrogen) atoms. The van der Waals surface area contributed by atoms with Crippen LogP contribution in [0.2, 0.25) is 0 Å². The molecular formula is C7H13NO3. The fourth-order valence-corrected chi connectivity index (χ4v) is 0.849. The number of aldehydes is 1. The summed E-state index contributed by atoms with van der Waals surface area (Å²) < 4.78 is 0. The van der Waals surface area contributed by atoms with Gasteiger partial charge in [0.2, 0.25) is 0 Å². The van der Waals surface area contributed by atoms with Gasteiger partial charge in [0.05, 0.1) is 0 Å². The van der Waals surface area contributed by atoms with Crippen LogP contribution in [0.3, 0.4) is 0 Å². The average molecular weight is 159 g/mol. The van der Waals surface area contributed by atoms with E-state index >= 15 is 0 Å². The van der Waals surface area contributed by atoms with E-state index in [4.69, 9.17) is 10.8 Å². The van der Waals surface area contributed by atoms with Crippen molar-refractivity contribution in [2.75, 3.05) is 0 Å². The van der Waals surface area contributed by atoms with E-state index in [1.165, 1.54) is 0 Å². The lowest BCUT2D eigenvalue weighted by atomic mass is 9.97. The maximum absolute atomic E-state index is 10.3. The van der Waals surface area contributed by atoms with Crippen molar-refractivity contribution in [1.29, 1.82) is 0 Å². The van der Waals surface area contributed by atoms with Crippen LogP contribution < -0.4 is 5.73 Å². The normalized spacial score (nSPS) is 15.5. The molecule has 0 fully saturated rings. The molecule has 0 bridgehead atoms. The second-order valence-electron chi connectivity index (χ2n) is 2.45. The van der Waals surface area contributed by atoms with E-state index in [0.29, 0.717) is 12.7 Å². The lowest BCUT2D eigenvalue weighted by Crippen LogP contribution is -2.38. The van der Waals surface area contributed by atoms with Crippen molar-refractivity contribution in [3.63, 3.8) is 0 Å². The summed E-state index contributed by atoms with van der Waals surface area (Å²) in [5.74, 6) is -1.66. The van der Waals surface area contributed by atoms with Gasteiger partial charge >= 0.3 is 5.97 Å². The number of hydrogen-bond donors (Lipinski definition) is 2. The van der Waals surface area contributed by atoms with E-state index in [2.05, 4.69) is 0 Å². The number of nitrogens with two attached hydrogens (primary N) is 1. The number of carbonyl (C=O) groups is 2. The van der Waals surface area contributed by atoms with Crippen molar-refractivity contribution < 1.29 is 14.7 Å². The van der Waals surface area contributed by atoms with E-state index in [1.807, 2.05) is 6.92 Å². The molecule has 3 N–H and O–H groups in total. The highest BCUT2D eigenvalue weighted by molar-refractivity contribution is 5.77. The van der Waals surface area contributed by atoms with Gasteiger partial charge in [-0.3, -0.25) is 4.79 Å². The number of carbonyl (C=O) groups excluding carboxylic acids is 1. The zero-order valence-corrected chi connectivity index (χ0v) is 6.49. The minimum Gasteiger partial charge on any atom is -0.480 e. The molecule has 0 radical (unpaired) electrons. The summed E-state index contributed by atoms with van der Waals surface area (Å²) in [5, 5.41) is 8.43. The Labute approximate surface area is 65.4 Å². The summed E-state index contributed by atoms with van der Waals surface area (Å²) in [6, 6.07) is -1.05. The molecule has 0 aromatic rings. The zero-order valence-electron chi connectivity index (χ0n) is 6.49. The first-order valence-corrected chi connectivity index (χ1v) is 3.57. The van der Waals surface area contributed by atoms with Crippen LogP contribution >= 0.6 is 0 Å². The highest BCUT2D eigenvalue weighted by Gasteiger charge is 2.22. The lowest BCUT2D eigenvalue weighted by Gasteiger charge is -2.12. The Hall–Kier alpha value is -0.900. The molecule has 4 heteroatoms. The number of carboxylic acid groups (broad SMARTS) is 1. The van der Waals surface area contributed by atoms with Gasteiger partial charge in [0.25, 0.3) is 0 Å². The molecule has 0 aliphatic carbocycles. The minimum atomic E-state index is -1.12. The molecule has 0 aromatic carbocycles. The van der Waals surface area contributed by atoms with E-state index in [9.17, 15) is 9.59 Å². The van der Waals surface area contributed by atoms with Crippen LogP contribution in [0.1, 0.15) is 19.8 Å². The Morgan fingerprint density at radius 3 is 2.55 bits per heavy atom. The third kappa shape index (κ3) is 3.13. The number of hydrogen-bond acceptors (Lipinski definition) is 3. The van der Waals surface area contributed by atoms with Crippen LogP contribution in [0.5, 0.6) is 0 Å². The lowest BCUT2D eigenvalue weighted by molar-refractivity contribution is -0.141. The average Bonchev–Trinajstić information content (AvgIpc) is 1.98. The summed E-state index contributed by atoms with van der Waals surface area (Å²) >= 11 is 0.